The fraction of sp³-hybridized carbons (Fsp3) is 0.0909. The molecule has 0 aliphatic rings. The van der Waals surface area contributed by atoms with E-state index in [1.54, 1.807) is 24.3 Å². The lowest BCUT2D eigenvalue weighted by Crippen LogP contribution is -2.16. The van der Waals surface area contributed by atoms with E-state index >= 15 is 0 Å². The molecule has 0 spiro atoms. The van der Waals surface area contributed by atoms with Gasteiger partial charge in [-0.3, -0.25) is 9.59 Å². The lowest BCUT2D eigenvalue weighted by Gasteiger charge is -2.16. The lowest BCUT2D eigenvalue weighted by molar-refractivity contribution is -0.137. The number of hydrogen-bond acceptors (Lipinski definition) is 2. The molecular formula is C22H15Cl2NO3. The van der Waals surface area contributed by atoms with Crippen LogP contribution in [0.3, 0.4) is 0 Å². The third-order valence-electron chi connectivity index (χ3n) is 4.76. The van der Waals surface area contributed by atoms with E-state index in [-0.39, 0.29) is 22.0 Å². The summed E-state index contributed by atoms with van der Waals surface area (Å²) in [7, 11) is 0. The van der Waals surface area contributed by atoms with Gasteiger partial charge in [-0.15, -0.1) is 0 Å². The smallest absolute Gasteiger partial charge is 0.323 e. The van der Waals surface area contributed by atoms with E-state index < -0.39 is 5.97 Å². The quantitative estimate of drug-likeness (QED) is 0.451. The zero-order valence-electron chi connectivity index (χ0n) is 14.9. The number of aliphatic carboxylic acids is 1. The minimum atomic E-state index is -1.04. The molecule has 0 bridgehead atoms. The van der Waals surface area contributed by atoms with Crippen LogP contribution in [0.4, 0.5) is 0 Å². The molecule has 140 valence electrons. The Morgan fingerprint density at radius 3 is 2.46 bits per heavy atom. The van der Waals surface area contributed by atoms with Crippen molar-refractivity contribution >= 4 is 51.0 Å². The molecule has 4 aromatic rings. The monoisotopic (exact) mass is 411 g/mol. The van der Waals surface area contributed by atoms with Crippen LogP contribution < -0.4 is 5.43 Å². The molecule has 4 nitrogen and oxygen atoms in total. The highest BCUT2D eigenvalue weighted by atomic mass is 35.5. The first kappa shape index (κ1) is 18.5. The van der Waals surface area contributed by atoms with Crippen LogP contribution in [0.5, 0.6) is 0 Å². The average Bonchev–Trinajstić information content (AvgIpc) is 2.67. The van der Waals surface area contributed by atoms with Crippen molar-refractivity contribution < 1.29 is 9.90 Å². The second kappa shape index (κ2) is 6.97. The fourth-order valence-corrected chi connectivity index (χ4v) is 3.93. The molecule has 0 atom stereocenters. The van der Waals surface area contributed by atoms with E-state index in [1.165, 1.54) is 4.57 Å². The van der Waals surface area contributed by atoms with Crippen molar-refractivity contribution in [2.24, 2.45) is 0 Å². The highest BCUT2D eigenvalue weighted by molar-refractivity contribution is 6.45. The Hall–Kier alpha value is -2.82. The van der Waals surface area contributed by atoms with Crippen LogP contribution >= 0.6 is 23.2 Å². The third-order valence-corrected chi connectivity index (χ3v) is 5.55. The number of aromatic nitrogens is 1. The molecule has 1 aromatic heterocycles. The first-order valence-electron chi connectivity index (χ1n) is 8.60. The van der Waals surface area contributed by atoms with Gasteiger partial charge in [-0.2, -0.15) is 0 Å². The van der Waals surface area contributed by atoms with Gasteiger partial charge in [-0.05, 0) is 42.3 Å². The summed E-state index contributed by atoms with van der Waals surface area (Å²) in [5.41, 5.74) is 3.60. The summed E-state index contributed by atoms with van der Waals surface area (Å²) in [6, 6.07) is 16.5. The van der Waals surface area contributed by atoms with E-state index in [1.807, 2.05) is 37.3 Å². The van der Waals surface area contributed by atoms with Crippen molar-refractivity contribution in [3.05, 3.63) is 80.4 Å². The predicted octanol–water partition coefficient (Wildman–Crippen LogP) is 5.52. The van der Waals surface area contributed by atoms with Crippen molar-refractivity contribution in [1.29, 1.82) is 0 Å². The van der Waals surface area contributed by atoms with Gasteiger partial charge >= 0.3 is 5.97 Å². The minimum absolute atomic E-state index is 0.169. The number of aryl methyl sites for hydroxylation is 1. The highest BCUT2D eigenvalue weighted by Gasteiger charge is 2.17. The Labute approximate surface area is 170 Å². The van der Waals surface area contributed by atoms with Gasteiger partial charge in [0.15, 0.2) is 5.43 Å². The second-order valence-electron chi connectivity index (χ2n) is 6.67. The molecule has 6 heteroatoms. The summed E-state index contributed by atoms with van der Waals surface area (Å²) in [4.78, 5) is 24.7. The number of hydrogen-bond donors (Lipinski definition) is 1. The number of nitrogens with zero attached hydrogens (tertiary/aromatic N) is 1. The molecular weight excluding hydrogens is 397 g/mol. The molecule has 0 amide bonds. The molecule has 0 saturated carbocycles. The summed E-state index contributed by atoms with van der Waals surface area (Å²) in [6.45, 7) is 1.67. The van der Waals surface area contributed by atoms with Gasteiger partial charge in [0.05, 0.1) is 21.1 Å². The zero-order chi connectivity index (χ0) is 20.0. The Morgan fingerprint density at radius 2 is 1.75 bits per heavy atom. The number of rotatable bonds is 3. The van der Waals surface area contributed by atoms with Crippen molar-refractivity contribution in [3.8, 4) is 11.1 Å². The van der Waals surface area contributed by atoms with Gasteiger partial charge in [0.1, 0.15) is 6.54 Å². The van der Waals surface area contributed by atoms with Crippen LogP contribution in [0.1, 0.15) is 5.56 Å². The van der Waals surface area contributed by atoms with Crippen molar-refractivity contribution in [2.75, 3.05) is 0 Å². The fourth-order valence-electron chi connectivity index (χ4n) is 3.51. The maximum absolute atomic E-state index is 13.2. The number of carboxylic acids is 1. The van der Waals surface area contributed by atoms with Gasteiger partial charge in [0, 0.05) is 10.8 Å². The van der Waals surface area contributed by atoms with Gasteiger partial charge in [-0.25, -0.2) is 0 Å². The Bertz CT molecular complexity index is 1330. The summed E-state index contributed by atoms with van der Waals surface area (Å²) < 4.78 is 1.53. The summed E-state index contributed by atoms with van der Waals surface area (Å²) in [6.07, 6.45) is 0. The number of fused-ring (bicyclic) bond motifs is 2. The molecule has 0 aliphatic carbocycles. The second-order valence-corrected chi connectivity index (χ2v) is 7.45. The number of carbonyl (C=O) groups is 1. The predicted molar refractivity (Wildman–Crippen MR) is 114 cm³/mol. The van der Waals surface area contributed by atoms with Gasteiger partial charge in [0.2, 0.25) is 0 Å². The van der Waals surface area contributed by atoms with Crippen molar-refractivity contribution in [2.45, 2.75) is 13.5 Å². The number of pyridine rings is 1. The van der Waals surface area contributed by atoms with Gasteiger partial charge < -0.3 is 9.67 Å². The van der Waals surface area contributed by atoms with E-state index in [2.05, 4.69) is 0 Å². The largest absolute Gasteiger partial charge is 0.480 e. The molecule has 0 fully saturated rings. The lowest BCUT2D eigenvalue weighted by atomic mass is 10.00. The average molecular weight is 412 g/mol. The van der Waals surface area contributed by atoms with Crippen LogP contribution in [0.2, 0.25) is 10.0 Å². The van der Waals surface area contributed by atoms with Crippen LogP contribution in [-0.2, 0) is 11.3 Å². The third kappa shape index (κ3) is 3.05. The van der Waals surface area contributed by atoms with E-state index in [0.29, 0.717) is 21.8 Å². The first-order chi connectivity index (χ1) is 13.4. The SMILES string of the molecule is Cc1cccc(-c2ccc3c(c2)c(=O)c2ccc(Cl)c(Cl)c2n3CC(=O)O)c1. The van der Waals surface area contributed by atoms with E-state index in [4.69, 9.17) is 23.2 Å². The van der Waals surface area contributed by atoms with Crippen LogP contribution in [0.25, 0.3) is 32.9 Å². The topological polar surface area (TPSA) is 59.3 Å². The number of halogens is 2. The van der Waals surface area contributed by atoms with Gasteiger partial charge in [-0.1, -0.05) is 59.1 Å². The number of benzene rings is 3. The van der Waals surface area contributed by atoms with Crippen LogP contribution in [0, 0.1) is 6.92 Å². The Kier molecular flexibility index (Phi) is 4.61. The first-order valence-corrected chi connectivity index (χ1v) is 9.35. The molecule has 4 rings (SSSR count). The van der Waals surface area contributed by atoms with E-state index in [0.717, 1.165) is 16.7 Å². The Balaban J connectivity index is 2.12. The maximum atomic E-state index is 13.2. The molecule has 3 aromatic carbocycles. The van der Waals surface area contributed by atoms with Crippen molar-refractivity contribution in [3.63, 3.8) is 0 Å². The molecule has 28 heavy (non-hydrogen) atoms. The highest BCUT2D eigenvalue weighted by Crippen LogP contribution is 2.33. The standard InChI is InChI=1S/C22H15Cl2NO3/c1-12-3-2-4-13(9-12)14-5-8-18-16(10-14)22(28)15-6-7-17(23)20(24)21(15)25(18)11-19(26)27/h2-10H,11H2,1H3,(H,26,27). The summed E-state index contributed by atoms with van der Waals surface area (Å²) >= 11 is 12.5. The summed E-state index contributed by atoms with van der Waals surface area (Å²) in [5, 5.41) is 10.6. The Morgan fingerprint density at radius 1 is 1.00 bits per heavy atom. The van der Waals surface area contributed by atoms with E-state index in [9.17, 15) is 14.7 Å². The maximum Gasteiger partial charge on any atom is 0.323 e. The van der Waals surface area contributed by atoms with Crippen LogP contribution in [-0.4, -0.2) is 15.6 Å². The van der Waals surface area contributed by atoms with Crippen LogP contribution in [0.15, 0.2) is 59.4 Å². The molecule has 0 radical (unpaired) electrons. The number of carboxylic acid groups (broad SMARTS) is 1. The summed E-state index contributed by atoms with van der Waals surface area (Å²) in [5.74, 6) is -1.04. The molecule has 1 heterocycles. The molecule has 1 N–H and O–H groups in total. The molecule has 0 unspecified atom stereocenters. The molecule has 0 saturated heterocycles. The molecule has 0 aliphatic heterocycles. The normalized spacial score (nSPS) is 11.2. The zero-order valence-corrected chi connectivity index (χ0v) is 16.4. The minimum Gasteiger partial charge on any atom is -0.480 e. The van der Waals surface area contributed by atoms with Crippen molar-refractivity contribution in [1.82, 2.24) is 4.57 Å². The van der Waals surface area contributed by atoms with Gasteiger partial charge in [0.25, 0.3) is 0 Å².